The molecule has 0 bridgehead atoms. The fourth-order valence-corrected chi connectivity index (χ4v) is 1.71. The normalized spacial score (nSPS) is 10.1. The van der Waals surface area contributed by atoms with Gasteiger partial charge in [0.25, 0.3) is 0 Å². The molecule has 1 aromatic rings. The Morgan fingerprint density at radius 2 is 1.79 bits per heavy atom. The van der Waals surface area contributed by atoms with Crippen LogP contribution in [0, 0.1) is 0 Å². The minimum Gasteiger partial charge on any atom is -0.103 e. The summed E-state index contributed by atoms with van der Waals surface area (Å²) in [4.78, 5) is 0. The lowest BCUT2D eigenvalue weighted by Gasteiger charge is -2.00. The average molecular weight is 253 g/mol. The maximum atomic E-state index is 3.72. The largest absolute Gasteiger partial charge is 0.103 e. The third-order valence-corrected chi connectivity index (χ3v) is 2.82. The molecule has 0 aromatic heterocycles. The number of aryl methyl sites for hydroxylation is 1. The minimum absolute atomic E-state index is 1.15. The van der Waals surface area contributed by atoms with Gasteiger partial charge < -0.3 is 0 Å². The fraction of sp³-hybridized carbons (Fsp3) is 0.385. The zero-order chi connectivity index (χ0) is 10.2. The highest BCUT2D eigenvalue weighted by molar-refractivity contribution is 9.10. The molecule has 14 heavy (non-hydrogen) atoms. The predicted octanol–water partition coefficient (Wildman–Crippen LogP) is 4.74. The van der Waals surface area contributed by atoms with E-state index in [1.54, 1.807) is 0 Å². The average Bonchev–Trinajstić information content (AvgIpc) is 2.21. The first-order valence-electron chi connectivity index (χ1n) is 5.18. The zero-order valence-electron chi connectivity index (χ0n) is 8.51. The molecule has 76 valence electrons. The molecule has 0 aliphatic heterocycles. The van der Waals surface area contributed by atoms with Crippen molar-refractivity contribution in [2.75, 3.05) is 0 Å². The number of hydrogen-bond donors (Lipinski definition) is 0. The molecule has 0 heterocycles. The van der Waals surface area contributed by atoms with Crippen molar-refractivity contribution in [3.63, 3.8) is 0 Å². The van der Waals surface area contributed by atoms with Crippen LogP contribution in [0.25, 0.3) is 0 Å². The third kappa shape index (κ3) is 4.61. The van der Waals surface area contributed by atoms with E-state index in [9.17, 15) is 0 Å². The first kappa shape index (κ1) is 11.5. The van der Waals surface area contributed by atoms with E-state index in [1.165, 1.54) is 31.2 Å². The lowest BCUT2D eigenvalue weighted by molar-refractivity contribution is 0.687. The van der Waals surface area contributed by atoms with Crippen LogP contribution in [0.3, 0.4) is 0 Å². The molecule has 0 radical (unpaired) electrons. The molecule has 0 saturated carbocycles. The number of rotatable bonds is 6. The van der Waals surface area contributed by atoms with Crippen LogP contribution in [-0.4, -0.2) is 0 Å². The van der Waals surface area contributed by atoms with E-state index >= 15 is 0 Å². The smallest absolute Gasteiger partial charge is 0.0175 e. The van der Waals surface area contributed by atoms with Crippen LogP contribution < -0.4 is 0 Å². The third-order valence-electron chi connectivity index (χ3n) is 2.29. The van der Waals surface area contributed by atoms with Crippen molar-refractivity contribution in [1.29, 1.82) is 0 Å². The van der Waals surface area contributed by atoms with Crippen molar-refractivity contribution >= 4 is 15.9 Å². The van der Waals surface area contributed by atoms with Crippen LogP contribution in [0.4, 0.5) is 0 Å². The molecule has 0 fully saturated rings. The number of unbranched alkanes of at least 4 members (excludes halogenated alkanes) is 3. The van der Waals surface area contributed by atoms with Gasteiger partial charge in [-0.2, -0.15) is 0 Å². The first-order valence-corrected chi connectivity index (χ1v) is 5.97. The molecule has 1 aromatic carbocycles. The fourth-order valence-electron chi connectivity index (χ4n) is 1.45. The highest BCUT2D eigenvalue weighted by atomic mass is 79.9. The van der Waals surface area contributed by atoms with E-state index in [0.29, 0.717) is 0 Å². The van der Waals surface area contributed by atoms with Crippen LogP contribution in [0.2, 0.25) is 0 Å². The lowest BCUT2D eigenvalue weighted by Crippen LogP contribution is -1.85. The molecule has 0 nitrogen and oxygen atoms in total. The van der Waals surface area contributed by atoms with Gasteiger partial charge in [0, 0.05) is 4.47 Å². The van der Waals surface area contributed by atoms with Crippen molar-refractivity contribution in [2.45, 2.75) is 32.1 Å². The molecule has 1 heteroatoms. The monoisotopic (exact) mass is 252 g/mol. The molecule has 1 rings (SSSR count). The van der Waals surface area contributed by atoms with Gasteiger partial charge in [0.05, 0.1) is 0 Å². The van der Waals surface area contributed by atoms with Gasteiger partial charge in [0.1, 0.15) is 0 Å². The Hall–Kier alpha value is -0.560. The summed E-state index contributed by atoms with van der Waals surface area (Å²) in [7, 11) is 0. The number of hydrogen-bond acceptors (Lipinski definition) is 0. The highest BCUT2D eigenvalue weighted by Gasteiger charge is 1.93. The Kier molecular flexibility index (Phi) is 5.62. The van der Waals surface area contributed by atoms with Crippen molar-refractivity contribution < 1.29 is 0 Å². The lowest BCUT2D eigenvalue weighted by atomic mass is 10.1. The van der Waals surface area contributed by atoms with Crippen molar-refractivity contribution in [2.24, 2.45) is 0 Å². The summed E-state index contributed by atoms with van der Waals surface area (Å²) in [6.07, 6.45) is 8.22. The topological polar surface area (TPSA) is 0 Å². The number of allylic oxidation sites excluding steroid dienone is 1. The molecule has 0 aliphatic rings. The van der Waals surface area contributed by atoms with E-state index in [2.05, 4.69) is 46.8 Å². The molecule has 0 N–H and O–H groups in total. The maximum absolute atomic E-state index is 3.72. The second-order valence-electron chi connectivity index (χ2n) is 3.51. The van der Waals surface area contributed by atoms with Crippen LogP contribution in [0.15, 0.2) is 41.4 Å². The van der Waals surface area contributed by atoms with E-state index in [4.69, 9.17) is 0 Å². The quantitative estimate of drug-likeness (QED) is 0.507. The Bertz CT molecular complexity index is 261. The maximum Gasteiger partial charge on any atom is 0.0175 e. The molecule has 0 atom stereocenters. The molecule has 0 aliphatic carbocycles. The van der Waals surface area contributed by atoms with Gasteiger partial charge in [-0.05, 0) is 43.4 Å². The van der Waals surface area contributed by atoms with Crippen LogP contribution in [0.1, 0.15) is 31.2 Å². The SMILES string of the molecule is C=CCCCCCc1ccc(Br)cc1. The van der Waals surface area contributed by atoms with Crippen molar-refractivity contribution in [3.8, 4) is 0 Å². The van der Waals surface area contributed by atoms with E-state index in [1.807, 2.05) is 6.08 Å². The molecule has 0 spiro atoms. The second kappa shape index (κ2) is 6.83. The number of benzene rings is 1. The molecule has 0 unspecified atom stereocenters. The van der Waals surface area contributed by atoms with Crippen LogP contribution in [0.5, 0.6) is 0 Å². The summed E-state index contributed by atoms with van der Waals surface area (Å²) >= 11 is 3.44. The molecular weight excluding hydrogens is 236 g/mol. The van der Waals surface area contributed by atoms with Gasteiger partial charge in [-0.1, -0.05) is 40.6 Å². The number of halogens is 1. The van der Waals surface area contributed by atoms with Gasteiger partial charge in [0.15, 0.2) is 0 Å². The first-order chi connectivity index (χ1) is 6.83. The summed E-state index contributed by atoms with van der Waals surface area (Å²) < 4.78 is 1.16. The van der Waals surface area contributed by atoms with Crippen LogP contribution in [-0.2, 0) is 6.42 Å². The van der Waals surface area contributed by atoms with E-state index in [-0.39, 0.29) is 0 Å². The van der Waals surface area contributed by atoms with Crippen molar-refractivity contribution in [3.05, 3.63) is 47.0 Å². The van der Waals surface area contributed by atoms with Crippen molar-refractivity contribution in [1.82, 2.24) is 0 Å². The van der Waals surface area contributed by atoms with Crippen LogP contribution >= 0.6 is 15.9 Å². The second-order valence-corrected chi connectivity index (χ2v) is 4.43. The molecular formula is C13H17Br. The Morgan fingerprint density at radius 3 is 2.43 bits per heavy atom. The predicted molar refractivity (Wildman–Crippen MR) is 66.5 cm³/mol. The highest BCUT2D eigenvalue weighted by Crippen LogP contribution is 2.13. The Morgan fingerprint density at radius 1 is 1.07 bits per heavy atom. The minimum atomic E-state index is 1.15. The summed E-state index contributed by atoms with van der Waals surface area (Å²) in [6.45, 7) is 3.72. The summed E-state index contributed by atoms with van der Waals surface area (Å²) in [6, 6.07) is 8.60. The Balaban J connectivity index is 2.18. The summed E-state index contributed by atoms with van der Waals surface area (Å²) in [5.41, 5.74) is 1.44. The van der Waals surface area contributed by atoms with Gasteiger partial charge in [-0.15, -0.1) is 6.58 Å². The standard InChI is InChI=1S/C13H17Br/c1-2-3-4-5-6-7-12-8-10-13(14)11-9-12/h2,8-11H,1,3-7H2. The zero-order valence-corrected chi connectivity index (χ0v) is 10.1. The van der Waals surface area contributed by atoms with E-state index in [0.717, 1.165) is 10.9 Å². The van der Waals surface area contributed by atoms with Gasteiger partial charge >= 0.3 is 0 Å². The molecule has 0 amide bonds. The summed E-state index contributed by atoms with van der Waals surface area (Å²) in [5, 5.41) is 0. The van der Waals surface area contributed by atoms with Gasteiger partial charge in [-0.25, -0.2) is 0 Å². The Labute approximate surface area is 95.2 Å². The molecule has 0 saturated heterocycles. The van der Waals surface area contributed by atoms with Gasteiger partial charge in [0.2, 0.25) is 0 Å². The van der Waals surface area contributed by atoms with Gasteiger partial charge in [-0.3, -0.25) is 0 Å². The van der Waals surface area contributed by atoms with E-state index < -0.39 is 0 Å². The summed E-state index contributed by atoms with van der Waals surface area (Å²) in [5.74, 6) is 0.